The summed E-state index contributed by atoms with van der Waals surface area (Å²) in [7, 11) is 0. The molecule has 1 aliphatic rings. The average Bonchev–Trinajstić information content (AvgIpc) is 2.55. The van der Waals surface area contributed by atoms with E-state index in [0.717, 1.165) is 24.2 Å². The van der Waals surface area contributed by atoms with E-state index in [2.05, 4.69) is 24.4 Å². The van der Waals surface area contributed by atoms with Gasteiger partial charge in [-0.15, -0.1) is 0 Å². The molecule has 1 aliphatic carbocycles. The number of allylic oxidation sites excluding steroid dienone is 1. The van der Waals surface area contributed by atoms with Crippen molar-refractivity contribution >= 4 is 5.91 Å². The number of carbonyl (C=O) groups excluding carboxylic acids is 1. The maximum absolute atomic E-state index is 12.4. The molecule has 0 aliphatic heterocycles. The predicted octanol–water partition coefficient (Wildman–Crippen LogP) is 4.08. The third kappa shape index (κ3) is 4.36. The van der Waals surface area contributed by atoms with E-state index in [1.54, 1.807) is 0 Å². The summed E-state index contributed by atoms with van der Waals surface area (Å²) in [6.45, 7) is 6.72. The van der Waals surface area contributed by atoms with Gasteiger partial charge >= 0.3 is 0 Å². The van der Waals surface area contributed by atoms with Gasteiger partial charge in [0.05, 0.1) is 0 Å². The second kappa shape index (κ2) is 8.02. The minimum absolute atomic E-state index is 0.0186. The fraction of sp³-hybridized carbons (Fsp3) is 0.526. The first-order chi connectivity index (χ1) is 10.6. The third-order valence-corrected chi connectivity index (χ3v) is 4.36. The van der Waals surface area contributed by atoms with Crippen LogP contribution in [0, 0.1) is 13.8 Å². The quantitative estimate of drug-likeness (QED) is 0.804. The molecule has 120 valence electrons. The molecule has 3 heteroatoms. The van der Waals surface area contributed by atoms with E-state index < -0.39 is 6.10 Å². The Morgan fingerprint density at radius 3 is 2.82 bits per heavy atom. The lowest BCUT2D eigenvalue weighted by Crippen LogP contribution is -2.39. The van der Waals surface area contributed by atoms with Gasteiger partial charge in [-0.05, 0) is 63.1 Å². The highest BCUT2D eigenvalue weighted by molar-refractivity contribution is 5.81. The zero-order valence-corrected chi connectivity index (χ0v) is 13.9. The molecule has 0 spiro atoms. The summed E-state index contributed by atoms with van der Waals surface area (Å²) in [6.07, 6.45) is 7.25. The van der Waals surface area contributed by atoms with Crippen molar-refractivity contribution in [2.24, 2.45) is 0 Å². The molecule has 0 saturated heterocycles. The van der Waals surface area contributed by atoms with Crippen molar-refractivity contribution in [3.63, 3.8) is 0 Å². The van der Waals surface area contributed by atoms with Gasteiger partial charge in [-0.1, -0.05) is 30.7 Å². The predicted molar refractivity (Wildman–Crippen MR) is 90.2 cm³/mol. The molecule has 0 saturated carbocycles. The molecule has 1 atom stereocenters. The van der Waals surface area contributed by atoms with Crippen LogP contribution in [0.5, 0.6) is 5.75 Å². The van der Waals surface area contributed by atoms with Crippen molar-refractivity contribution in [1.29, 1.82) is 0 Å². The Labute approximate surface area is 133 Å². The van der Waals surface area contributed by atoms with Crippen molar-refractivity contribution in [2.45, 2.75) is 59.0 Å². The van der Waals surface area contributed by atoms with Crippen molar-refractivity contribution in [3.05, 3.63) is 41.0 Å². The maximum Gasteiger partial charge on any atom is 0.261 e. The van der Waals surface area contributed by atoms with E-state index in [-0.39, 0.29) is 5.91 Å². The SMILES string of the molecule is CCC(Oc1cccc(C)c1C)C(=O)NCC1=CCCCC1. The fourth-order valence-electron chi connectivity index (χ4n) is 2.71. The molecule has 0 bridgehead atoms. The van der Waals surface area contributed by atoms with Gasteiger partial charge in [0.25, 0.3) is 5.91 Å². The Morgan fingerprint density at radius 2 is 2.14 bits per heavy atom. The summed E-state index contributed by atoms with van der Waals surface area (Å²) in [6, 6.07) is 5.95. The lowest BCUT2D eigenvalue weighted by molar-refractivity contribution is -0.127. The lowest BCUT2D eigenvalue weighted by Gasteiger charge is -2.20. The van der Waals surface area contributed by atoms with Crippen molar-refractivity contribution in [3.8, 4) is 5.75 Å². The van der Waals surface area contributed by atoms with Crippen molar-refractivity contribution < 1.29 is 9.53 Å². The van der Waals surface area contributed by atoms with Gasteiger partial charge in [-0.2, -0.15) is 0 Å². The van der Waals surface area contributed by atoms with Gasteiger partial charge in [-0.25, -0.2) is 0 Å². The van der Waals surface area contributed by atoms with Gasteiger partial charge in [-0.3, -0.25) is 4.79 Å². The van der Waals surface area contributed by atoms with Crippen LogP contribution in [0.25, 0.3) is 0 Å². The van der Waals surface area contributed by atoms with Crippen LogP contribution in [0.1, 0.15) is 50.2 Å². The largest absolute Gasteiger partial charge is 0.480 e. The molecule has 3 nitrogen and oxygen atoms in total. The Kier molecular flexibility index (Phi) is 6.05. The smallest absolute Gasteiger partial charge is 0.261 e. The standard InChI is InChI=1S/C19H27NO2/c1-4-17(22-18-12-8-9-14(2)15(18)3)19(21)20-13-16-10-6-5-7-11-16/h8-10,12,17H,4-7,11,13H2,1-3H3,(H,20,21). The van der Waals surface area contributed by atoms with E-state index in [4.69, 9.17) is 4.74 Å². The Hall–Kier alpha value is -1.77. The van der Waals surface area contributed by atoms with Crippen LogP contribution < -0.4 is 10.1 Å². The molecule has 22 heavy (non-hydrogen) atoms. The van der Waals surface area contributed by atoms with E-state index in [0.29, 0.717) is 13.0 Å². The Bertz CT molecular complexity index is 548. The summed E-state index contributed by atoms with van der Waals surface area (Å²) < 4.78 is 5.95. The highest BCUT2D eigenvalue weighted by Gasteiger charge is 2.19. The number of rotatable bonds is 6. The van der Waals surface area contributed by atoms with Gasteiger partial charge in [0.2, 0.25) is 0 Å². The fourth-order valence-corrected chi connectivity index (χ4v) is 2.71. The number of hydrogen-bond acceptors (Lipinski definition) is 2. The van der Waals surface area contributed by atoms with Gasteiger partial charge in [0.1, 0.15) is 5.75 Å². The summed E-state index contributed by atoms with van der Waals surface area (Å²) >= 11 is 0. The lowest BCUT2D eigenvalue weighted by atomic mass is 9.99. The van der Waals surface area contributed by atoms with Gasteiger partial charge < -0.3 is 10.1 Å². The van der Waals surface area contributed by atoms with E-state index >= 15 is 0 Å². The molecule has 1 aromatic rings. The first kappa shape index (κ1) is 16.6. The van der Waals surface area contributed by atoms with Crippen LogP contribution in [0.15, 0.2) is 29.8 Å². The number of hydrogen-bond donors (Lipinski definition) is 1. The third-order valence-electron chi connectivity index (χ3n) is 4.36. The summed E-state index contributed by atoms with van der Waals surface area (Å²) in [4.78, 5) is 12.4. The Morgan fingerprint density at radius 1 is 1.32 bits per heavy atom. The molecule has 1 aromatic carbocycles. The van der Waals surface area contributed by atoms with Crippen LogP contribution in [-0.2, 0) is 4.79 Å². The molecule has 1 unspecified atom stereocenters. The molecule has 0 heterocycles. The monoisotopic (exact) mass is 301 g/mol. The average molecular weight is 301 g/mol. The second-order valence-electron chi connectivity index (χ2n) is 6.04. The summed E-state index contributed by atoms with van der Waals surface area (Å²) in [5.41, 5.74) is 3.63. The van der Waals surface area contributed by atoms with Crippen LogP contribution in [0.2, 0.25) is 0 Å². The number of carbonyl (C=O) groups is 1. The number of amides is 1. The molecular formula is C19H27NO2. The number of nitrogens with one attached hydrogen (secondary N) is 1. The molecular weight excluding hydrogens is 274 g/mol. The molecule has 1 N–H and O–H groups in total. The zero-order valence-electron chi connectivity index (χ0n) is 13.9. The number of benzene rings is 1. The van der Waals surface area contributed by atoms with Crippen LogP contribution in [0.4, 0.5) is 0 Å². The second-order valence-corrected chi connectivity index (χ2v) is 6.04. The van der Waals surface area contributed by atoms with Crippen molar-refractivity contribution in [2.75, 3.05) is 6.54 Å². The maximum atomic E-state index is 12.4. The molecule has 2 rings (SSSR count). The van der Waals surface area contributed by atoms with E-state index in [1.165, 1.54) is 24.0 Å². The zero-order chi connectivity index (χ0) is 15.9. The topological polar surface area (TPSA) is 38.3 Å². The summed E-state index contributed by atoms with van der Waals surface area (Å²) in [5, 5.41) is 3.03. The minimum Gasteiger partial charge on any atom is -0.480 e. The van der Waals surface area contributed by atoms with Gasteiger partial charge in [0.15, 0.2) is 6.10 Å². The minimum atomic E-state index is -0.426. The first-order valence-corrected chi connectivity index (χ1v) is 8.30. The van der Waals surface area contributed by atoms with Crippen LogP contribution in [-0.4, -0.2) is 18.6 Å². The molecule has 0 fully saturated rings. The molecule has 0 radical (unpaired) electrons. The normalized spacial score (nSPS) is 15.9. The summed E-state index contributed by atoms with van der Waals surface area (Å²) in [5.74, 6) is 0.786. The van der Waals surface area contributed by atoms with E-state index in [9.17, 15) is 4.79 Å². The molecule has 1 amide bonds. The number of ether oxygens (including phenoxy) is 1. The first-order valence-electron chi connectivity index (χ1n) is 8.30. The highest BCUT2D eigenvalue weighted by atomic mass is 16.5. The van der Waals surface area contributed by atoms with E-state index in [1.807, 2.05) is 26.0 Å². The van der Waals surface area contributed by atoms with Gasteiger partial charge in [0, 0.05) is 6.54 Å². The van der Waals surface area contributed by atoms with Crippen LogP contribution in [0.3, 0.4) is 0 Å². The Balaban J connectivity index is 1.94. The van der Waals surface area contributed by atoms with Crippen molar-refractivity contribution in [1.82, 2.24) is 5.32 Å². The highest BCUT2D eigenvalue weighted by Crippen LogP contribution is 2.22. The molecule has 0 aromatic heterocycles. The number of aryl methyl sites for hydroxylation is 1. The van der Waals surface area contributed by atoms with Crippen LogP contribution >= 0.6 is 0 Å².